The molecule has 0 aliphatic carbocycles. The molecule has 3 aromatic rings. The number of likely N-dealkylation sites (N-methyl/N-ethyl adjacent to an activating group) is 1. The first-order valence-corrected chi connectivity index (χ1v) is 13.2. The fourth-order valence-electron chi connectivity index (χ4n) is 4.39. The van der Waals surface area contributed by atoms with Gasteiger partial charge in [0.05, 0.1) is 0 Å². The maximum atomic E-state index is 14.1. The minimum atomic E-state index is -1.04. The first-order valence-electron chi connectivity index (χ1n) is 13.2. The van der Waals surface area contributed by atoms with E-state index in [1.54, 1.807) is 40.0 Å². The summed E-state index contributed by atoms with van der Waals surface area (Å²) in [5, 5.41) is 15.4. The molecule has 2 atom stereocenters. The number of para-hydroxylation sites is 1. The number of phenols is 1. The summed E-state index contributed by atoms with van der Waals surface area (Å²) >= 11 is 0. The standard InChI is InChI=1S/C32H39N3O5/c1-20-12-13-21(2)25(18-20)28(29(37)33-26-11-9-8-10-22(26)3)35(7)30(38)27(34-31(39)40-32(4,5)6)19-23-14-16-24(36)17-15-23/h8-18,27-28,36H,19H2,1-7H3,(H,33,37)(H,34,39). The monoisotopic (exact) mass is 545 g/mol. The molecule has 0 saturated heterocycles. The number of anilines is 1. The van der Waals surface area contributed by atoms with Crippen LogP contribution in [0.1, 0.15) is 54.6 Å². The van der Waals surface area contributed by atoms with Gasteiger partial charge >= 0.3 is 6.09 Å². The number of alkyl carbamates (subject to hydrolysis) is 1. The first-order chi connectivity index (χ1) is 18.7. The molecular formula is C32H39N3O5. The third-order valence-electron chi connectivity index (χ3n) is 6.48. The van der Waals surface area contributed by atoms with Crippen molar-refractivity contribution in [2.24, 2.45) is 0 Å². The van der Waals surface area contributed by atoms with E-state index in [1.807, 2.05) is 63.2 Å². The smallest absolute Gasteiger partial charge is 0.408 e. The topological polar surface area (TPSA) is 108 Å². The van der Waals surface area contributed by atoms with Crippen LogP contribution >= 0.6 is 0 Å². The first kappa shape index (κ1) is 30.2. The van der Waals surface area contributed by atoms with E-state index < -0.39 is 29.7 Å². The molecule has 8 nitrogen and oxygen atoms in total. The highest BCUT2D eigenvalue weighted by Crippen LogP contribution is 2.28. The fourth-order valence-corrected chi connectivity index (χ4v) is 4.39. The number of aromatic hydroxyl groups is 1. The molecule has 0 saturated carbocycles. The van der Waals surface area contributed by atoms with Crippen LogP contribution in [0.25, 0.3) is 0 Å². The molecule has 0 aliphatic rings. The summed E-state index contributed by atoms with van der Waals surface area (Å²) in [4.78, 5) is 42.1. The lowest BCUT2D eigenvalue weighted by atomic mass is 9.96. The summed E-state index contributed by atoms with van der Waals surface area (Å²) in [6, 6.07) is 17.6. The van der Waals surface area contributed by atoms with Crippen molar-refractivity contribution >= 4 is 23.6 Å². The van der Waals surface area contributed by atoms with E-state index in [0.29, 0.717) is 16.8 Å². The predicted octanol–water partition coefficient (Wildman–Crippen LogP) is 5.59. The summed E-state index contributed by atoms with van der Waals surface area (Å²) in [7, 11) is 1.56. The second-order valence-electron chi connectivity index (χ2n) is 11.1. The molecule has 0 radical (unpaired) electrons. The number of benzene rings is 3. The zero-order valence-electron chi connectivity index (χ0n) is 24.2. The normalized spacial score (nSPS) is 12.7. The molecule has 40 heavy (non-hydrogen) atoms. The van der Waals surface area contributed by atoms with Gasteiger partial charge in [0, 0.05) is 19.2 Å². The van der Waals surface area contributed by atoms with E-state index >= 15 is 0 Å². The molecule has 8 heteroatoms. The molecule has 212 valence electrons. The Labute approximate surface area is 236 Å². The van der Waals surface area contributed by atoms with E-state index in [1.165, 1.54) is 17.0 Å². The van der Waals surface area contributed by atoms with Gasteiger partial charge in [0.25, 0.3) is 5.91 Å². The van der Waals surface area contributed by atoms with E-state index in [9.17, 15) is 19.5 Å². The number of phenolic OH excluding ortho intramolecular Hbond substituents is 1. The number of rotatable bonds is 8. The predicted molar refractivity (Wildman–Crippen MR) is 156 cm³/mol. The molecule has 3 aromatic carbocycles. The van der Waals surface area contributed by atoms with Gasteiger partial charge in [0.15, 0.2) is 0 Å². The second-order valence-corrected chi connectivity index (χ2v) is 11.1. The maximum absolute atomic E-state index is 14.1. The minimum Gasteiger partial charge on any atom is -0.508 e. The molecular weight excluding hydrogens is 506 g/mol. The number of hydrogen-bond acceptors (Lipinski definition) is 5. The molecule has 0 fully saturated rings. The highest BCUT2D eigenvalue weighted by atomic mass is 16.6. The number of aryl methyl sites for hydroxylation is 3. The average molecular weight is 546 g/mol. The molecule has 3 rings (SSSR count). The largest absolute Gasteiger partial charge is 0.508 e. The molecule has 0 spiro atoms. The van der Waals surface area contributed by atoms with E-state index in [-0.39, 0.29) is 18.1 Å². The van der Waals surface area contributed by atoms with Crippen LogP contribution in [0.3, 0.4) is 0 Å². The van der Waals surface area contributed by atoms with E-state index in [2.05, 4.69) is 10.6 Å². The Morgan fingerprint density at radius 1 is 0.925 bits per heavy atom. The van der Waals surface area contributed by atoms with Crippen LogP contribution < -0.4 is 10.6 Å². The van der Waals surface area contributed by atoms with Crippen molar-refractivity contribution in [2.75, 3.05) is 12.4 Å². The summed E-state index contributed by atoms with van der Waals surface area (Å²) < 4.78 is 5.43. The summed E-state index contributed by atoms with van der Waals surface area (Å²) in [5.41, 5.74) is 3.97. The number of amides is 3. The zero-order chi connectivity index (χ0) is 29.6. The van der Waals surface area contributed by atoms with Gasteiger partial charge in [-0.15, -0.1) is 0 Å². The van der Waals surface area contributed by atoms with Crippen molar-refractivity contribution in [3.8, 4) is 5.75 Å². The van der Waals surface area contributed by atoms with Crippen LogP contribution in [-0.4, -0.2) is 46.6 Å². The molecule has 0 bridgehead atoms. The van der Waals surface area contributed by atoms with Gasteiger partial charge in [-0.2, -0.15) is 0 Å². The molecule has 3 N–H and O–H groups in total. The Morgan fingerprint density at radius 3 is 2.20 bits per heavy atom. The molecule has 0 aromatic heterocycles. The average Bonchev–Trinajstić information content (AvgIpc) is 2.87. The van der Waals surface area contributed by atoms with Crippen LogP contribution in [0.2, 0.25) is 0 Å². The van der Waals surface area contributed by atoms with Crippen LogP contribution in [0.5, 0.6) is 5.75 Å². The number of carbonyl (C=O) groups excluding carboxylic acids is 3. The van der Waals surface area contributed by atoms with Crippen LogP contribution in [-0.2, 0) is 20.7 Å². The number of nitrogens with one attached hydrogen (secondary N) is 2. The lowest BCUT2D eigenvalue weighted by Crippen LogP contribution is -2.52. The number of carbonyl (C=O) groups is 3. The van der Waals surface area contributed by atoms with Crippen LogP contribution in [0.4, 0.5) is 10.5 Å². The zero-order valence-corrected chi connectivity index (χ0v) is 24.2. The van der Waals surface area contributed by atoms with Crippen molar-refractivity contribution in [3.63, 3.8) is 0 Å². The van der Waals surface area contributed by atoms with Gasteiger partial charge in [0.1, 0.15) is 23.4 Å². The summed E-state index contributed by atoms with van der Waals surface area (Å²) in [6.45, 7) is 10.9. The number of hydrogen-bond donors (Lipinski definition) is 3. The number of ether oxygens (including phenoxy) is 1. The molecule has 2 unspecified atom stereocenters. The van der Waals surface area contributed by atoms with Gasteiger partial charge in [-0.05, 0) is 82.0 Å². The van der Waals surface area contributed by atoms with Crippen molar-refractivity contribution in [2.45, 2.75) is 65.6 Å². The second kappa shape index (κ2) is 12.7. The third kappa shape index (κ3) is 8.09. The lowest BCUT2D eigenvalue weighted by molar-refractivity contribution is -0.139. The summed E-state index contributed by atoms with van der Waals surface area (Å²) in [6.07, 6.45) is -0.618. The van der Waals surface area contributed by atoms with Gasteiger partial charge < -0.3 is 25.4 Å². The molecule has 0 heterocycles. The maximum Gasteiger partial charge on any atom is 0.408 e. The van der Waals surface area contributed by atoms with Gasteiger partial charge in [0.2, 0.25) is 5.91 Å². The van der Waals surface area contributed by atoms with Crippen molar-refractivity contribution in [3.05, 3.63) is 94.5 Å². The van der Waals surface area contributed by atoms with Gasteiger partial charge in [-0.3, -0.25) is 9.59 Å². The molecule has 0 aliphatic heterocycles. The fraction of sp³-hybridized carbons (Fsp3) is 0.344. The van der Waals surface area contributed by atoms with Crippen LogP contribution in [0, 0.1) is 20.8 Å². The Balaban J connectivity index is 2.00. The van der Waals surface area contributed by atoms with E-state index in [4.69, 9.17) is 4.74 Å². The van der Waals surface area contributed by atoms with Crippen molar-refractivity contribution < 1.29 is 24.2 Å². The Kier molecular flexibility index (Phi) is 9.58. The molecule has 3 amide bonds. The van der Waals surface area contributed by atoms with Gasteiger partial charge in [-0.1, -0.05) is 54.1 Å². The third-order valence-corrected chi connectivity index (χ3v) is 6.48. The minimum absolute atomic E-state index is 0.0895. The quantitative estimate of drug-likeness (QED) is 0.342. The van der Waals surface area contributed by atoms with Gasteiger partial charge in [-0.25, -0.2) is 4.79 Å². The Hall–Kier alpha value is -4.33. The lowest BCUT2D eigenvalue weighted by Gasteiger charge is -2.32. The Bertz CT molecular complexity index is 1360. The van der Waals surface area contributed by atoms with Crippen molar-refractivity contribution in [1.82, 2.24) is 10.2 Å². The Morgan fingerprint density at radius 2 is 1.57 bits per heavy atom. The van der Waals surface area contributed by atoms with Crippen molar-refractivity contribution in [1.29, 1.82) is 0 Å². The van der Waals surface area contributed by atoms with Crippen LogP contribution in [0.15, 0.2) is 66.7 Å². The van der Waals surface area contributed by atoms with E-state index in [0.717, 1.165) is 16.7 Å². The summed E-state index contributed by atoms with van der Waals surface area (Å²) in [5.74, 6) is -0.754. The highest BCUT2D eigenvalue weighted by molar-refractivity contribution is 5.99. The highest BCUT2D eigenvalue weighted by Gasteiger charge is 2.35. The number of nitrogens with zero attached hydrogens (tertiary/aromatic N) is 1. The SMILES string of the molecule is Cc1ccc(C)c(C(C(=O)Nc2ccccc2C)N(C)C(=O)C(Cc2ccc(O)cc2)NC(=O)OC(C)(C)C)c1.